The molecule has 4 aromatic heterocycles. The fraction of sp³-hybridized carbons (Fsp3) is 0.440. The molecule has 6 rings (SSSR count). The Morgan fingerprint density at radius 2 is 2.03 bits per heavy atom. The van der Waals surface area contributed by atoms with Crippen molar-refractivity contribution in [3.63, 3.8) is 0 Å². The largest absolute Gasteiger partial charge is 0.381 e. The molecule has 0 bridgehead atoms. The first kappa shape index (κ1) is 22.0. The summed E-state index contributed by atoms with van der Waals surface area (Å²) in [5.41, 5.74) is 4.10. The van der Waals surface area contributed by atoms with Gasteiger partial charge in [-0.05, 0) is 63.5 Å². The van der Waals surface area contributed by atoms with Gasteiger partial charge in [0.1, 0.15) is 5.65 Å². The van der Waals surface area contributed by atoms with Crippen molar-refractivity contribution in [3.8, 4) is 11.1 Å². The number of amides is 1. The summed E-state index contributed by atoms with van der Waals surface area (Å²) in [5.74, 6) is 0.543. The Hall–Kier alpha value is -3.50. The van der Waals surface area contributed by atoms with Crippen molar-refractivity contribution in [2.45, 2.75) is 43.9 Å². The smallest absolute Gasteiger partial charge is 0.255 e. The Morgan fingerprint density at radius 1 is 1.20 bits per heavy atom. The van der Waals surface area contributed by atoms with Crippen LogP contribution < -0.4 is 10.6 Å². The number of H-pyrrole nitrogens is 1. The number of nitrogens with zero attached hydrogens (tertiary/aromatic N) is 5. The van der Waals surface area contributed by atoms with Crippen LogP contribution in [0.4, 0.5) is 5.95 Å². The predicted octanol–water partition coefficient (Wildman–Crippen LogP) is 2.69. The summed E-state index contributed by atoms with van der Waals surface area (Å²) in [7, 11) is 3.86. The minimum atomic E-state index is -0.0728. The first-order chi connectivity index (χ1) is 17.1. The van der Waals surface area contributed by atoms with E-state index in [2.05, 4.69) is 42.6 Å². The van der Waals surface area contributed by atoms with Gasteiger partial charge in [0.15, 0.2) is 0 Å². The number of pyridine rings is 1. The van der Waals surface area contributed by atoms with Crippen LogP contribution in [0.3, 0.4) is 0 Å². The molecule has 0 spiro atoms. The number of rotatable bonds is 6. The van der Waals surface area contributed by atoms with E-state index in [1.807, 2.05) is 30.7 Å². The van der Waals surface area contributed by atoms with E-state index in [0.29, 0.717) is 23.7 Å². The van der Waals surface area contributed by atoms with Crippen molar-refractivity contribution < 1.29 is 9.53 Å². The van der Waals surface area contributed by atoms with E-state index >= 15 is 0 Å². The molecule has 5 heterocycles. The molecule has 2 fully saturated rings. The van der Waals surface area contributed by atoms with Crippen LogP contribution in [-0.4, -0.2) is 80.8 Å². The lowest BCUT2D eigenvalue weighted by atomic mass is 9.89. The molecule has 3 N–H and O–H groups in total. The average Bonchev–Trinajstić information content (AvgIpc) is 3.46. The third kappa shape index (κ3) is 4.23. The lowest BCUT2D eigenvalue weighted by molar-refractivity contribution is 0.0327. The van der Waals surface area contributed by atoms with Crippen LogP contribution in [0.2, 0.25) is 0 Å². The summed E-state index contributed by atoms with van der Waals surface area (Å²) in [5, 5.41) is 11.9. The molecule has 4 aromatic rings. The SMILES string of the molecule is COC1CC(Nc2ncc3c(-c4ccn5ncc(C(=O)NC6CCN(C)CC6)c5c4)c[nH]c3n2)C1. The van der Waals surface area contributed by atoms with Crippen molar-refractivity contribution >= 4 is 28.4 Å². The van der Waals surface area contributed by atoms with E-state index in [9.17, 15) is 4.79 Å². The second-order valence-electron chi connectivity index (χ2n) is 9.68. The number of likely N-dealkylation sites (tertiary alicyclic amines) is 1. The van der Waals surface area contributed by atoms with E-state index in [1.54, 1.807) is 17.8 Å². The monoisotopic (exact) mass is 474 g/mol. The number of piperidine rings is 1. The fourth-order valence-electron chi connectivity index (χ4n) is 5.01. The van der Waals surface area contributed by atoms with E-state index in [0.717, 1.165) is 66.4 Å². The van der Waals surface area contributed by atoms with Crippen LogP contribution in [0.25, 0.3) is 27.7 Å². The number of hydrogen-bond donors (Lipinski definition) is 3. The van der Waals surface area contributed by atoms with Crippen LogP contribution in [0, 0.1) is 0 Å². The van der Waals surface area contributed by atoms with Gasteiger partial charge in [0.05, 0.1) is 23.4 Å². The van der Waals surface area contributed by atoms with Gasteiger partial charge in [0.2, 0.25) is 5.95 Å². The number of ether oxygens (including phenoxy) is 1. The second-order valence-corrected chi connectivity index (χ2v) is 9.68. The first-order valence-corrected chi connectivity index (χ1v) is 12.2. The highest BCUT2D eigenvalue weighted by atomic mass is 16.5. The molecule has 35 heavy (non-hydrogen) atoms. The quantitative estimate of drug-likeness (QED) is 0.394. The van der Waals surface area contributed by atoms with Gasteiger partial charge in [-0.15, -0.1) is 0 Å². The molecule has 0 aromatic carbocycles. The number of carbonyl (C=O) groups excluding carboxylic acids is 1. The molecule has 182 valence electrons. The fourth-order valence-corrected chi connectivity index (χ4v) is 5.01. The second kappa shape index (κ2) is 8.94. The molecule has 10 heteroatoms. The van der Waals surface area contributed by atoms with Gasteiger partial charge in [0.25, 0.3) is 5.91 Å². The highest BCUT2D eigenvalue weighted by molar-refractivity contribution is 6.02. The number of aromatic nitrogens is 5. The topological polar surface area (TPSA) is 112 Å². The molecule has 1 saturated heterocycles. The zero-order valence-electron chi connectivity index (χ0n) is 20.0. The van der Waals surface area contributed by atoms with Gasteiger partial charge in [0, 0.05) is 48.7 Å². The summed E-state index contributed by atoms with van der Waals surface area (Å²) in [6.07, 6.45) is 11.5. The molecule has 1 saturated carbocycles. The summed E-state index contributed by atoms with van der Waals surface area (Å²) in [4.78, 5) is 27.8. The number of fused-ring (bicyclic) bond motifs is 2. The Bertz CT molecular complexity index is 1360. The molecule has 1 aliphatic heterocycles. The third-order valence-electron chi connectivity index (χ3n) is 7.32. The molecule has 2 aliphatic rings. The van der Waals surface area contributed by atoms with Crippen LogP contribution in [-0.2, 0) is 4.74 Å². The zero-order chi connectivity index (χ0) is 23.9. The third-order valence-corrected chi connectivity index (χ3v) is 7.32. The number of hydrogen-bond acceptors (Lipinski definition) is 7. The maximum Gasteiger partial charge on any atom is 0.255 e. The van der Waals surface area contributed by atoms with E-state index in [1.165, 1.54) is 0 Å². The highest BCUT2D eigenvalue weighted by Crippen LogP contribution is 2.30. The van der Waals surface area contributed by atoms with Crippen LogP contribution in [0.1, 0.15) is 36.0 Å². The van der Waals surface area contributed by atoms with Crippen molar-refractivity contribution in [3.05, 3.63) is 42.5 Å². The van der Waals surface area contributed by atoms with Crippen molar-refractivity contribution in [2.75, 3.05) is 32.6 Å². The Kier molecular flexibility index (Phi) is 5.62. The lowest BCUT2D eigenvalue weighted by Crippen LogP contribution is -2.43. The average molecular weight is 475 g/mol. The number of carbonyl (C=O) groups is 1. The number of methoxy groups -OCH3 is 1. The Labute approximate surface area is 203 Å². The maximum atomic E-state index is 13.1. The maximum absolute atomic E-state index is 13.1. The highest BCUT2D eigenvalue weighted by Gasteiger charge is 2.29. The summed E-state index contributed by atoms with van der Waals surface area (Å²) < 4.78 is 7.09. The van der Waals surface area contributed by atoms with E-state index in [-0.39, 0.29) is 11.9 Å². The van der Waals surface area contributed by atoms with Gasteiger partial charge >= 0.3 is 0 Å². The minimum absolute atomic E-state index is 0.0728. The molecule has 0 radical (unpaired) electrons. The van der Waals surface area contributed by atoms with Gasteiger partial charge in [-0.3, -0.25) is 4.79 Å². The summed E-state index contributed by atoms with van der Waals surface area (Å²) >= 11 is 0. The molecule has 1 amide bonds. The van der Waals surface area contributed by atoms with Crippen LogP contribution >= 0.6 is 0 Å². The predicted molar refractivity (Wildman–Crippen MR) is 134 cm³/mol. The normalized spacial score (nSPS) is 21.3. The van der Waals surface area contributed by atoms with Gasteiger partial charge < -0.3 is 25.3 Å². The lowest BCUT2D eigenvalue weighted by Gasteiger charge is -2.34. The zero-order valence-corrected chi connectivity index (χ0v) is 20.0. The standard InChI is InChI=1S/C25H30N8O2/c1-32-6-4-16(5-7-32)29-24(34)21-14-28-33-8-3-15(9-22(21)33)19-12-26-23-20(19)13-27-25(31-23)30-17-10-18(11-17)35-2/h3,8-9,12-14,16-18H,4-7,10-11H2,1-2H3,(H,29,34)(H2,26,27,30,31). The molecule has 0 atom stereocenters. The molecule has 1 aliphatic carbocycles. The van der Waals surface area contributed by atoms with Crippen molar-refractivity contribution in [1.29, 1.82) is 0 Å². The summed E-state index contributed by atoms with van der Waals surface area (Å²) in [6, 6.07) is 4.54. The Balaban J connectivity index is 1.23. The van der Waals surface area contributed by atoms with Gasteiger partial charge in [-0.25, -0.2) is 9.50 Å². The van der Waals surface area contributed by atoms with E-state index in [4.69, 9.17) is 4.74 Å². The van der Waals surface area contributed by atoms with E-state index < -0.39 is 0 Å². The van der Waals surface area contributed by atoms with Crippen LogP contribution in [0.15, 0.2) is 36.9 Å². The van der Waals surface area contributed by atoms with Crippen molar-refractivity contribution in [1.82, 2.24) is 34.8 Å². The first-order valence-electron chi connectivity index (χ1n) is 12.2. The number of nitrogens with one attached hydrogen (secondary N) is 3. The molecular formula is C25H30N8O2. The summed E-state index contributed by atoms with van der Waals surface area (Å²) in [6.45, 7) is 2.00. The van der Waals surface area contributed by atoms with Crippen LogP contribution in [0.5, 0.6) is 0 Å². The molecular weight excluding hydrogens is 444 g/mol. The number of anilines is 1. The molecule has 10 nitrogen and oxygen atoms in total. The number of aromatic amines is 1. The van der Waals surface area contributed by atoms with Gasteiger partial charge in [-0.1, -0.05) is 0 Å². The molecule has 0 unspecified atom stereocenters. The van der Waals surface area contributed by atoms with Gasteiger partial charge in [-0.2, -0.15) is 10.1 Å². The van der Waals surface area contributed by atoms with Crippen molar-refractivity contribution in [2.24, 2.45) is 0 Å². The Morgan fingerprint density at radius 3 is 2.83 bits per heavy atom. The minimum Gasteiger partial charge on any atom is -0.381 e.